The molecule has 0 spiro atoms. The molecule has 5 nitrogen and oxygen atoms in total. The molecule has 0 aliphatic heterocycles. The van der Waals surface area contributed by atoms with E-state index in [4.69, 9.17) is 4.74 Å². The van der Waals surface area contributed by atoms with Crippen LogP contribution in [-0.2, 0) is 4.74 Å². The lowest BCUT2D eigenvalue weighted by atomic mass is 10.2. The van der Waals surface area contributed by atoms with Crippen LogP contribution in [0.2, 0.25) is 0 Å². The second-order valence-electron chi connectivity index (χ2n) is 4.80. The molecule has 0 fully saturated rings. The van der Waals surface area contributed by atoms with Crippen molar-refractivity contribution in [3.8, 4) is 0 Å². The lowest BCUT2D eigenvalue weighted by molar-refractivity contribution is 0.0666. The molecule has 1 rings (SSSR count). The molecule has 1 heterocycles. The van der Waals surface area contributed by atoms with Gasteiger partial charge in [0.15, 0.2) is 0 Å². The van der Waals surface area contributed by atoms with Crippen molar-refractivity contribution in [2.45, 2.75) is 13.8 Å². The number of anilines is 1. The first kappa shape index (κ1) is 15.4. The summed E-state index contributed by atoms with van der Waals surface area (Å²) in [4.78, 5) is 18.5. The van der Waals surface area contributed by atoms with Crippen molar-refractivity contribution in [3.05, 3.63) is 23.9 Å². The van der Waals surface area contributed by atoms with Gasteiger partial charge in [-0.05, 0) is 18.1 Å². The van der Waals surface area contributed by atoms with Gasteiger partial charge in [0.25, 0.3) is 5.91 Å². The molecular weight excluding hydrogens is 242 g/mol. The Morgan fingerprint density at radius 1 is 1.47 bits per heavy atom. The molecule has 0 unspecified atom stereocenters. The number of aromatic nitrogens is 1. The summed E-state index contributed by atoms with van der Waals surface area (Å²) in [5.41, 5.74) is 0.462. The van der Waals surface area contributed by atoms with E-state index in [1.54, 1.807) is 25.1 Å². The quantitative estimate of drug-likeness (QED) is 0.817. The van der Waals surface area contributed by atoms with Gasteiger partial charge < -0.3 is 15.0 Å². The number of rotatable bonds is 7. The molecule has 106 valence electrons. The van der Waals surface area contributed by atoms with E-state index in [9.17, 15) is 4.79 Å². The fraction of sp³-hybridized carbons (Fsp3) is 0.571. The van der Waals surface area contributed by atoms with Gasteiger partial charge in [-0.15, -0.1) is 0 Å². The number of carbonyl (C=O) groups is 1. The van der Waals surface area contributed by atoms with Gasteiger partial charge in [-0.3, -0.25) is 4.79 Å². The van der Waals surface area contributed by atoms with Crippen molar-refractivity contribution >= 4 is 11.7 Å². The number of carbonyl (C=O) groups excluding carboxylic acids is 1. The summed E-state index contributed by atoms with van der Waals surface area (Å²) in [5, 5.41) is 2.94. The fourth-order valence-corrected chi connectivity index (χ4v) is 1.77. The summed E-state index contributed by atoms with van der Waals surface area (Å²) in [5.74, 6) is 1.05. The van der Waals surface area contributed by atoms with Crippen molar-refractivity contribution in [2.75, 3.05) is 39.2 Å². The molecule has 1 amide bonds. The van der Waals surface area contributed by atoms with Gasteiger partial charge in [0.05, 0.1) is 6.61 Å². The molecule has 0 radical (unpaired) electrons. The standard InChI is InChI=1S/C14H23N3O2/c1-11(2)10-17(8-9-19-4)14(18)12-6-5-7-13(15-3)16-12/h5-7,11H,8-10H2,1-4H3,(H,15,16). The second-order valence-corrected chi connectivity index (χ2v) is 4.80. The van der Waals surface area contributed by atoms with Crippen LogP contribution in [0, 0.1) is 5.92 Å². The maximum Gasteiger partial charge on any atom is 0.272 e. The van der Waals surface area contributed by atoms with Crippen molar-refractivity contribution in [1.29, 1.82) is 0 Å². The molecule has 1 aromatic rings. The van der Waals surface area contributed by atoms with E-state index in [0.717, 1.165) is 0 Å². The van der Waals surface area contributed by atoms with Gasteiger partial charge in [0.2, 0.25) is 0 Å². The van der Waals surface area contributed by atoms with Crippen LogP contribution in [0.3, 0.4) is 0 Å². The molecule has 0 aliphatic rings. The predicted octanol–water partition coefficient (Wildman–Crippen LogP) is 1.87. The number of pyridine rings is 1. The molecule has 0 saturated heterocycles. The van der Waals surface area contributed by atoms with Crippen LogP contribution in [0.5, 0.6) is 0 Å². The van der Waals surface area contributed by atoms with Gasteiger partial charge in [-0.1, -0.05) is 19.9 Å². The third-order valence-corrected chi connectivity index (χ3v) is 2.66. The zero-order valence-corrected chi connectivity index (χ0v) is 12.1. The van der Waals surface area contributed by atoms with Crippen molar-refractivity contribution in [3.63, 3.8) is 0 Å². The van der Waals surface area contributed by atoms with Crippen LogP contribution in [-0.4, -0.2) is 49.6 Å². The molecule has 0 bridgehead atoms. The Balaban J connectivity index is 2.84. The lowest BCUT2D eigenvalue weighted by Gasteiger charge is -2.24. The number of nitrogens with zero attached hydrogens (tertiary/aromatic N) is 2. The van der Waals surface area contributed by atoms with Crippen molar-refractivity contribution < 1.29 is 9.53 Å². The summed E-state index contributed by atoms with van der Waals surface area (Å²) in [7, 11) is 3.42. The Morgan fingerprint density at radius 2 is 2.21 bits per heavy atom. The highest BCUT2D eigenvalue weighted by Crippen LogP contribution is 2.09. The van der Waals surface area contributed by atoms with Gasteiger partial charge in [-0.2, -0.15) is 0 Å². The Bertz CT molecular complexity index is 407. The summed E-state index contributed by atoms with van der Waals surface area (Å²) in [6, 6.07) is 5.40. The molecule has 0 saturated carbocycles. The van der Waals surface area contributed by atoms with Crippen molar-refractivity contribution in [1.82, 2.24) is 9.88 Å². The van der Waals surface area contributed by atoms with E-state index in [-0.39, 0.29) is 5.91 Å². The normalized spacial score (nSPS) is 10.6. The maximum atomic E-state index is 12.4. The van der Waals surface area contributed by atoms with Crippen molar-refractivity contribution in [2.24, 2.45) is 5.92 Å². The average Bonchev–Trinajstić information content (AvgIpc) is 2.42. The Labute approximate surface area is 115 Å². The van der Waals surface area contributed by atoms with Crippen LogP contribution in [0.1, 0.15) is 24.3 Å². The van der Waals surface area contributed by atoms with Crippen LogP contribution in [0.15, 0.2) is 18.2 Å². The van der Waals surface area contributed by atoms with Crippen LogP contribution in [0.25, 0.3) is 0 Å². The minimum atomic E-state index is -0.0529. The zero-order valence-electron chi connectivity index (χ0n) is 12.1. The number of nitrogens with one attached hydrogen (secondary N) is 1. The molecule has 19 heavy (non-hydrogen) atoms. The molecule has 0 aromatic carbocycles. The minimum absolute atomic E-state index is 0.0529. The summed E-state index contributed by atoms with van der Waals surface area (Å²) in [6.45, 7) is 5.99. The first-order valence-electron chi connectivity index (χ1n) is 6.51. The topological polar surface area (TPSA) is 54.5 Å². The van der Waals surface area contributed by atoms with Gasteiger partial charge in [0.1, 0.15) is 11.5 Å². The SMILES string of the molecule is CNc1cccc(C(=O)N(CCOC)CC(C)C)n1. The predicted molar refractivity (Wildman–Crippen MR) is 76.4 cm³/mol. The smallest absolute Gasteiger partial charge is 0.272 e. The van der Waals surface area contributed by atoms with E-state index in [1.807, 2.05) is 12.1 Å². The van der Waals surface area contributed by atoms with E-state index in [2.05, 4.69) is 24.1 Å². The van der Waals surface area contributed by atoms with E-state index >= 15 is 0 Å². The highest BCUT2D eigenvalue weighted by Gasteiger charge is 2.18. The number of methoxy groups -OCH3 is 1. The Morgan fingerprint density at radius 3 is 2.79 bits per heavy atom. The summed E-state index contributed by atoms with van der Waals surface area (Å²) < 4.78 is 5.06. The van der Waals surface area contributed by atoms with E-state index in [1.165, 1.54) is 0 Å². The second kappa shape index (κ2) is 7.74. The van der Waals surface area contributed by atoms with Crippen LogP contribution in [0.4, 0.5) is 5.82 Å². The van der Waals surface area contributed by atoms with E-state index < -0.39 is 0 Å². The lowest BCUT2D eigenvalue weighted by Crippen LogP contribution is -2.37. The van der Waals surface area contributed by atoms with Gasteiger partial charge >= 0.3 is 0 Å². The highest BCUT2D eigenvalue weighted by molar-refractivity contribution is 5.92. The summed E-state index contributed by atoms with van der Waals surface area (Å²) in [6.07, 6.45) is 0. The minimum Gasteiger partial charge on any atom is -0.383 e. The number of hydrogen-bond donors (Lipinski definition) is 1. The average molecular weight is 265 g/mol. The van der Waals surface area contributed by atoms with Gasteiger partial charge in [-0.25, -0.2) is 4.98 Å². The molecular formula is C14H23N3O2. The molecule has 5 heteroatoms. The largest absolute Gasteiger partial charge is 0.383 e. The molecule has 0 atom stereocenters. The van der Waals surface area contributed by atoms with Gasteiger partial charge in [0, 0.05) is 27.2 Å². The number of hydrogen-bond acceptors (Lipinski definition) is 4. The number of ether oxygens (including phenoxy) is 1. The first-order chi connectivity index (χ1) is 9.08. The molecule has 1 aromatic heterocycles. The first-order valence-corrected chi connectivity index (χ1v) is 6.51. The molecule has 1 N–H and O–H groups in total. The number of amides is 1. The third-order valence-electron chi connectivity index (χ3n) is 2.66. The Hall–Kier alpha value is -1.62. The third kappa shape index (κ3) is 4.87. The van der Waals surface area contributed by atoms with Crippen LogP contribution >= 0.6 is 0 Å². The molecule has 0 aliphatic carbocycles. The Kier molecular flexibility index (Phi) is 6.29. The van der Waals surface area contributed by atoms with E-state index in [0.29, 0.717) is 37.1 Å². The fourth-order valence-electron chi connectivity index (χ4n) is 1.77. The van der Waals surface area contributed by atoms with Crippen LogP contribution < -0.4 is 5.32 Å². The zero-order chi connectivity index (χ0) is 14.3. The maximum absolute atomic E-state index is 12.4. The monoisotopic (exact) mass is 265 g/mol. The summed E-state index contributed by atoms with van der Waals surface area (Å²) >= 11 is 0. The highest BCUT2D eigenvalue weighted by atomic mass is 16.5.